The molecule has 0 radical (unpaired) electrons. The number of nitrogens with two attached hydrogens (primary N) is 1. The summed E-state index contributed by atoms with van der Waals surface area (Å²) in [6.45, 7) is 4.87. The van der Waals surface area contributed by atoms with E-state index in [-0.39, 0.29) is 17.1 Å². The number of thioether (sulfide) groups is 1. The molecule has 2 aromatic heterocycles. The van der Waals surface area contributed by atoms with Gasteiger partial charge in [0.25, 0.3) is 5.56 Å². The van der Waals surface area contributed by atoms with Gasteiger partial charge in [0, 0.05) is 13.1 Å². The summed E-state index contributed by atoms with van der Waals surface area (Å²) < 4.78 is 1.81. The van der Waals surface area contributed by atoms with Crippen molar-refractivity contribution in [1.82, 2.24) is 19.7 Å². The third-order valence-corrected chi connectivity index (χ3v) is 5.04. The Kier molecular flexibility index (Phi) is 6.15. The molecule has 0 spiro atoms. The smallest absolute Gasteiger partial charge is 0.329 e. The van der Waals surface area contributed by atoms with Crippen LogP contribution in [0.15, 0.2) is 13.9 Å². The summed E-state index contributed by atoms with van der Waals surface area (Å²) >= 11 is 2.49. The Morgan fingerprint density at radius 2 is 2.12 bits per heavy atom. The van der Waals surface area contributed by atoms with E-state index in [4.69, 9.17) is 5.73 Å². The predicted molar refractivity (Wildman–Crippen MR) is 95.2 cm³/mol. The van der Waals surface area contributed by atoms with Gasteiger partial charge in [-0.25, -0.2) is 4.79 Å². The van der Waals surface area contributed by atoms with Crippen molar-refractivity contribution in [3.8, 4) is 0 Å². The molecule has 0 saturated carbocycles. The highest BCUT2D eigenvalue weighted by atomic mass is 32.2. The summed E-state index contributed by atoms with van der Waals surface area (Å²) in [7, 11) is 0. The third kappa shape index (κ3) is 4.03. The zero-order chi connectivity index (χ0) is 17.7. The van der Waals surface area contributed by atoms with Crippen molar-refractivity contribution in [2.75, 3.05) is 23.3 Å². The van der Waals surface area contributed by atoms with Gasteiger partial charge >= 0.3 is 5.69 Å². The van der Waals surface area contributed by atoms with Gasteiger partial charge in [0.1, 0.15) is 11.4 Å². The number of anilines is 2. The van der Waals surface area contributed by atoms with Crippen molar-refractivity contribution < 1.29 is 4.79 Å². The molecule has 0 fully saturated rings. The number of hydrogen-bond acceptors (Lipinski definition) is 9. The molecule has 0 aliphatic heterocycles. The zero-order valence-electron chi connectivity index (χ0n) is 13.3. The first kappa shape index (κ1) is 18.2. The monoisotopic (exact) mass is 370 g/mol. The number of carbonyl (C=O) groups is 1. The maximum Gasteiger partial charge on any atom is 0.329 e. The van der Waals surface area contributed by atoms with Crippen LogP contribution < -0.4 is 22.3 Å². The molecule has 0 aromatic carbocycles. The van der Waals surface area contributed by atoms with Crippen LogP contribution in [0.1, 0.15) is 30.6 Å². The van der Waals surface area contributed by atoms with E-state index in [9.17, 15) is 14.4 Å². The first-order valence-corrected chi connectivity index (χ1v) is 9.14. The molecule has 2 rings (SSSR count). The van der Waals surface area contributed by atoms with Gasteiger partial charge in [-0.1, -0.05) is 30.0 Å². The first-order chi connectivity index (χ1) is 11.5. The minimum Gasteiger partial charge on any atom is -0.384 e. The van der Waals surface area contributed by atoms with Crippen molar-refractivity contribution in [3.05, 3.63) is 26.4 Å². The van der Waals surface area contributed by atoms with E-state index in [1.165, 1.54) is 27.7 Å². The Hall–Kier alpha value is -2.14. The molecule has 0 aliphatic rings. The average Bonchev–Trinajstić information content (AvgIpc) is 2.97. The maximum absolute atomic E-state index is 12.4. The average molecular weight is 370 g/mol. The van der Waals surface area contributed by atoms with Gasteiger partial charge in [-0.2, -0.15) is 0 Å². The first-order valence-electron chi connectivity index (χ1n) is 7.33. The number of aromatic amines is 1. The highest BCUT2D eigenvalue weighted by molar-refractivity contribution is 8.01. The number of ketones is 1. The van der Waals surface area contributed by atoms with Crippen molar-refractivity contribution >= 4 is 39.8 Å². The van der Waals surface area contributed by atoms with E-state index < -0.39 is 17.0 Å². The number of aromatic nitrogens is 4. The van der Waals surface area contributed by atoms with Crippen molar-refractivity contribution in [3.63, 3.8) is 0 Å². The number of nitrogen functional groups attached to an aromatic ring is 1. The number of carbonyl (C=O) groups excluding carboxylic acids is 1. The van der Waals surface area contributed by atoms with Crippen molar-refractivity contribution in [1.29, 1.82) is 0 Å². The van der Waals surface area contributed by atoms with Gasteiger partial charge in [0.15, 0.2) is 10.1 Å². The van der Waals surface area contributed by atoms with Gasteiger partial charge in [-0.3, -0.25) is 19.1 Å². The van der Waals surface area contributed by atoms with E-state index >= 15 is 0 Å². The standard InChI is InChI=1S/C13H18N6O3S2/c1-3-5-19-9(14)8(10(21)16-12(19)22)7(20)6-23-13-18-17-11(24-13)15-4-2/h3-6,14H2,1-2H3,(H,15,17)(H,16,21,22). The lowest BCUT2D eigenvalue weighted by molar-refractivity contribution is 0.102. The van der Waals surface area contributed by atoms with Gasteiger partial charge in [0.05, 0.1) is 5.75 Å². The lowest BCUT2D eigenvalue weighted by Gasteiger charge is -2.10. The minimum atomic E-state index is -0.763. The van der Waals surface area contributed by atoms with Crippen LogP contribution in [0.3, 0.4) is 0 Å². The fraction of sp³-hybridized carbons (Fsp3) is 0.462. The molecule has 4 N–H and O–H groups in total. The quantitative estimate of drug-likeness (QED) is 0.458. The second-order valence-corrected chi connectivity index (χ2v) is 6.99. The van der Waals surface area contributed by atoms with Gasteiger partial charge in [0.2, 0.25) is 5.13 Å². The van der Waals surface area contributed by atoms with Gasteiger partial charge < -0.3 is 11.1 Å². The summed E-state index contributed by atoms with van der Waals surface area (Å²) in [6, 6.07) is 0. The van der Waals surface area contributed by atoms with Crippen LogP contribution in [0.25, 0.3) is 0 Å². The van der Waals surface area contributed by atoms with E-state index in [1.54, 1.807) is 0 Å². The molecule has 0 amide bonds. The molecule has 0 saturated heterocycles. The van der Waals surface area contributed by atoms with Crippen LogP contribution in [-0.4, -0.2) is 37.8 Å². The molecule has 11 heteroatoms. The van der Waals surface area contributed by atoms with Crippen molar-refractivity contribution in [2.24, 2.45) is 0 Å². The summed E-state index contributed by atoms with van der Waals surface area (Å²) in [5.74, 6) is -0.566. The SMILES string of the molecule is CCCn1c(N)c(C(=O)CSc2nnc(NCC)s2)c(=O)[nH]c1=O. The maximum atomic E-state index is 12.4. The summed E-state index contributed by atoms with van der Waals surface area (Å²) in [6.07, 6.45) is 0.649. The molecular weight excluding hydrogens is 352 g/mol. The lowest BCUT2D eigenvalue weighted by atomic mass is 10.2. The molecule has 0 aliphatic carbocycles. The largest absolute Gasteiger partial charge is 0.384 e. The molecule has 0 unspecified atom stereocenters. The van der Waals surface area contributed by atoms with Crippen LogP contribution in [0.4, 0.5) is 10.9 Å². The third-order valence-electron chi connectivity index (χ3n) is 3.03. The molecule has 130 valence electrons. The van der Waals surface area contributed by atoms with Crippen LogP contribution in [0.2, 0.25) is 0 Å². The van der Waals surface area contributed by atoms with Crippen LogP contribution in [0, 0.1) is 0 Å². The molecule has 0 atom stereocenters. The number of Topliss-reactive ketones (excluding diaryl/α,β-unsaturated/α-hetero) is 1. The topological polar surface area (TPSA) is 136 Å². The number of rotatable bonds is 8. The Labute approximate surface area is 145 Å². The summed E-state index contributed by atoms with van der Waals surface area (Å²) in [5.41, 5.74) is 4.30. The molecule has 2 aromatic rings. The molecule has 0 bridgehead atoms. The van der Waals surface area contributed by atoms with E-state index in [0.29, 0.717) is 22.4 Å². The second-order valence-electron chi connectivity index (χ2n) is 4.79. The number of nitrogens with one attached hydrogen (secondary N) is 2. The van der Waals surface area contributed by atoms with Gasteiger partial charge in [-0.05, 0) is 13.3 Å². The van der Waals surface area contributed by atoms with Crippen LogP contribution in [-0.2, 0) is 6.54 Å². The molecule has 24 heavy (non-hydrogen) atoms. The highest BCUT2D eigenvalue weighted by Crippen LogP contribution is 2.26. The van der Waals surface area contributed by atoms with Crippen molar-refractivity contribution in [2.45, 2.75) is 31.2 Å². The predicted octanol–water partition coefficient (Wildman–Crippen LogP) is 0.787. The normalized spacial score (nSPS) is 10.8. The number of hydrogen-bond donors (Lipinski definition) is 3. The fourth-order valence-corrected chi connectivity index (χ4v) is 3.69. The Morgan fingerprint density at radius 1 is 1.38 bits per heavy atom. The van der Waals surface area contributed by atoms with Gasteiger partial charge in [-0.15, -0.1) is 10.2 Å². The second kappa shape index (κ2) is 8.11. The highest BCUT2D eigenvalue weighted by Gasteiger charge is 2.19. The van der Waals surface area contributed by atoms with E-state index in [0.717, 1.165) is 6.54 Å². The van der Waals surface area contributed by atoms with Crippen LogP contribution >= 0.6 is 23.1 Å². The minimum absolute atomic E-state index is 0.0155. The Balaban J connectivity index is 2.18. The molecule has 2 heterocycles. The fourth-order valence-electron chi connectivity index (χ4n) is 1.99. The Morgan fingerprint density at radius 3 is 2.79 bits per heavy atom. The molecular formula is C13H18N6O3S2. The lowest BCUT2D eigenvalue weighted by Crippen LogP contribution is -2.36. The molecule has 9 nitrogen and oxygen atoms in total. The van der Waals surface area contributed by atoms with Crippen LogP contribution in [0.5, 0.6) is 0 Å². The number of H-pyrrole nitrogens is 1. The summed E-state index contributed by atoms with van der Waals surface area (Å²) in [4.78, 5) is 38.2. The van der Waals surface area contributed by atoms with E-state index in [1.807, 2.05) is 13.8 Å². The zero-order valence-corrected chi connectivity index (χ0v) is 14.9. The summed E-state index contributed by atoms with van der Waals surface area (Å²) in [5, 5.41) is 11.6. The Bertz CT molecular complexity index is 841. The van der Waals surface area contributed by atoms with E-state index in [2.05, 4.69) is 20.5 Å². The number of nitrogens with zero attached hydrogens (tertiary/aromatic N) is 3.